The molecule has 1 atom stereocenters. The van der Waals surface area contributed by atoms with E-state index in [2.05, 4.69) is 5.32 Å². The van der Waals surface area contributed by atoms with Gasteiger partial charge in [-0.25, -0.2) is 4.39 Å². The van der Waals surface area contributed by atoms with Crippen molar-refractivity contribution < 1.29 is 14.0 Å². The van der Waals surface area contributed by atoms with E-state index in [0.29, 0.717) is 16.8 Å². The van der Waals surface area contributed by atoms with Crippen LogP contribution in [0.5, 0.6) is 0 Å². The van der Waals surface area contributed by atoms with Gasteiger partial charge in [0.2, 0.25) is 0 Å². The number of halogens is 1. The highest BCUT2D eigenvalue weighted by Crippen LogP contribution is 2.42. The molecule has 3 aromatic carbocycles. The largest absolute Gasteiger partial charge is 0.368 e. The van der Waals surface area contributed by atoms with Crippen LogP contribution < -0.4 is 5.32 Å². The summed E-state index contributed by atoms with van der Waals surface area (Å²) < 4.78 is 13.7. The predicted octanol–water partition coefficient (Wildman–Crippen LogP) is 4.60. The number of Topliss-reactive ketones (excluding diaryl/α,β-unsaturated/α-hetero) is 2. The smallest absolute Gasteiger partial charge is 0.195 e. The Balaban J connectivity index is 1.80. The van der Waals surface area contributed by atoms with E-state index >= 15 is 0 Å². The molecule has 128 valence electrons. The van der Waals surface area contributed by atoms with Crippen LogP contribution in [-0.4, -0.2) is 11.6 Å². The van der Waals surface area contributed by atoms with Crippen molar-refractivity contribution in [1.82, 2.24) is 0 Å². The molecule has 1 unspecified atom stereocenters. The molecule has 1 aliphatic rings. The zero-order chi connectivity index (χ0) is 18.1. The molecule has 4 rings (SSSR count). The highest BCUT2D eigenvalue weighted by molar-refractivity contribution is 6.16. The van der Waals surface area contributed by atoms with E-state index in [9.17, 15) is 14.0 Å². The molecule has 0 spiro atoms. The number of hydrogen-bond acceptors (Lipinski definition) is 3. The number of carbonyl (C=O) groups is 2. The van der Waals surface area contributed by atoms with Crippen molar-refractivity contribution in [3.63, 3.8) is 0 Å². The number of anilines is 1. The van der Waals surface area contributed by atoms with Gasteiger partial charge in [0.15, 0.2) is 11.6 Å². The second-order valence-electron chi connectivity index (χ2n) is 6.38. The first-order valence-electron chi connectivity index (χ1n) is 8.36. The molecule has 0 aromatic heterocycles. The topological polar surface area (TPSA) is 46.2 Å². The fraction of sp³-hybridized carbons (Fsp3) is 0.0909. The molecular weight excluding hydrogens is 329 g/mol. The zero-order valence-corrected chi connectivity index (χ0v) is 13.9. The molecule has 0 saturated heterocycles. The first kappa shape index (κ1) is 16.2. The van der Waals surface area contributed by atoms with Crippen LogP contribution in [0.1, 0.15) is 32.7 Å². The van der Waals surface area contributed by atoms with Crippen LogP contribution in [0.2, 0.25) is 0 Å². The van der Waals surface area contributed by atoms with Crippen LogP contribution in [0.25, 0.3) is 0 Å². The fourth-order valence-corrected chi connectivity index (χ4v) is 3.45. The first-order valence-corrected chi connectivity index (χ1v) is 8.36. The number of nitrogens with one attached hydrogen (secondary N) is 1. The van der Waals surface area contributed by atoms with Crippen molar-refractivity contribution in [2.75, 3.05) is 5.32 Å². The third kappa shape index (κ3) is 2.60. The Labute approximate surface area is 150 Å². The Kier molecular flexibility index (Phi) is 3.88. The van der Waals surface area contributed by atoms with Gasteiger partial charge in [0.1, 0.15) is 11.4 Å². The lowest BCUT2D eigenvalue weighted by Crippen LogP contribution is -2.40. The van der Waals surface area contributed by atoms with Gasteiger partial charge in [-0.3, -0.25) is 9.59 Å². The number of benzene rings is 3. The number of rotatable bonds is 4. The highest BCUT2D eigenvalue weighted by atomic mass is 19.1. The maximum absolute atomic E-state index is 13.7. The lowest BCUT2D eigenvalue weighted by Gasteiger charge is -2.28. The van der Waals surface area contributed by atoms with Crippen LogP contribution in [0.4, 0.5) is 10.1 Å². The lowest BCUT2D eigenvalue weighted by atomic mass is 9.80. The van der Waals surface area contributed by atoms with Crippen molar-refractivity contribution in [3.8, 4) is 0 Å². The molecule has 1 N–H and O–H groups in total. The molecule has 26 heavy (non-hydrogen) atoms. The molecular formula is C22H16FNO2. The van der Waals surface area contributed by atoms with Gasteiger partial charge < -0.3 is 5.32 Å². The summed E-state index contributed by atoms with van der Waals surface area (Å²) in [5, 5.41) is 3.20. The van der Waals surface area contributed by atoms with E-state index in [1.807, 2.05) is 36.4 Å². The highest BCUT2D eigenvalue weighted by Gasteiger charge is 2.48. The average Bonchev–Trinajstić information content (AvgIpc) is 2.96. The minimum absolute atomic E-state index is 0.0455. The monoisotopic (exact) mass is 345 g/mol. The van der Waals surface area contributed by atoms with Crippen LogP contribution in [0, 0.1) is 5.82 Å². The summed E-state index contributed by atoms with van der Waals surface area (Å²) in [7, 11) is 0. The van der Waals surface area contributed by atoms with Gasteiger partial charge in [-0.15, -0.1) is 0 Å². The third-order valence-electron chi connectivity index (χ3n) is 4.75. The molecule has 0 aliphatic carbocycles. The van der Waals surface area contributed by atoms with Gasteiger partial charge in [-0.05, 0) is 23.8 Å². The van der Waals surface area contributed by atoms with E-state index in [0.717, 1.165) is 0 Å². The van der Waals surface area contributed by atoms with Gasteiger partial charge in [-0.1, -0.05) is 60.7 Å². The Morgan fingerprint density at radius 2 is 1.58 bits per heavy atom. The summed E-state index contributed by atoms with van der Waals surface area (Å²) >= 11 is 0. The van der Waals surface area contributed by atoms with Gasteiger partial charge in [0.05, 0.1) is 0 Å². The van der Waals surface area contributed by atoms with Crippen molar-refractivity contribution in [2.24, 2.45) is 0 Å². The SMILES string of the molecule is O=C(CC1(c2ccccc2)Nc2ccc(F)cc2C1=O)c1ccccc1. The molecule has 3 aromatic rings. The van der Waals surface area contributed by atoms with Gasteiger partial charge in [-0.2, -0.15) is 0 Å². The van der Waals surface area contributed by atoms with Crippen molar-refractivity contribution in [3.05, 3.63) is 101 Å². The summed E-state index contributed by atoms with van der Waals surface area (Å²) in [6.07, 6.45) is -0.0455. The standard InChI is InChI=1S/C22H16FNO2/c23-17-11-12-19-18(13-17)21(26)22(24-19,16-9-5-2-6-10-16)14-20(25)15-7-3-1-4-8-15/h1-13,24H,14H2. The predicted molar refractivity (Wildman–Crippen MR) is 97.9 cm³/mol. The molecule has 1 heterocycles. The van der Waals surface area contributed by atoms with Gasteiger partial charge >= 0.3 is 0 Å². The lowest BCUT2D eigenvalue weighted by molar-refractivity contribution is 0.0846. The third-order valence-corrected chi connectivity index (χ3v) is 4.75. The van der Waals surface area contributed by atoms with Crippen LogP contribution >= 0.6 is 0 Å². The van der Waals surface area contributed by atoms with E-state index < -0.39 is 11.4 Å². The molecule has 3 nitrogen and oxygen atoms in total. The van der Waals surface area contributed by atoms with Crippen LogP contribution in [0.15, 0.2) is 78.9 Å². The normalized spacial score (nSPS) is 18.3. The second kappa shape index (κ2) is 6.23. The van der Waals surface area contributed by atoms with Crippen molar-refractivity contribution in [2.45, 2.75) is 12.0 Å². The first-order chi connectivity index (χ1) is 12.6. The minimum Gasteiger partial charge on any atom is -0.368 e. The Hall–Kier alpha value is -3.27. The summed E-state index contributed by atoms with van der Waals surface area (Å²) in [6.45, 7) is 0. The quantitative estimate of drug-likeness (QED) is 0.703. The minimum atomic E-state index is -1.23. The summed E-state index contributed by atoms with van der Waals surface area (Å²) in [6, 6.07) is 22.1. The molecule has 1 aliphatic heterocycles. The van der Waals surface area contributed by atoms with Gasteiger partial charge in [0.25, 0.3) is 0 Å². The fourth-order valence-electron chi connectivity index (χ4n) is 3.45. The van der Waals surface area contributed by atoms with E-state index in [1.54, 1.807) is 30.3 Å². The number of ketones is 2. The van der Waals surface area contributed by atoms with E-state index in [4.69, 9.17) is 0 Å². The van der Waals surface area contributed by atoms with Gasteiger partial charge in [0, 0.05) is 23.2 Å². The van der Waals surface area contributed by atoms with E-state index in [-0.39, 0.29) is 23.6 Å². The second-order valence-corrected chi connectivity index (χ2v) is 6.38. The molecule has 4 heteroatoms. The Morgan fingerprint density at radius 1 is 0.923 bits per heavy atom. The zero-order valence-electron chi connectivity index (χ0n) is 13.9. The average molecular weight is 345 g/mol. The number of carbonyl (C=O) groups excluding carboxylic acids is 2. The molecule has 0 amide bonds. The molecule has 0 fully saturated rings. The Bertz CT molecular complexity index is 986. The summed E-state index contributed by atoms with van der Waals surface area (Å²) in [5.41, 5.74) is 0.811. The maximum atomic E-state index is 13.7. The molecule has 0 bridgehead atoms. The Morgan fingerprint density at radius 3 is 2.27 bits per heavy atom. The number of fused-ring (bicyclic) bond motifs is 1. The van der Waals surface area contributed by atoms with E-state index in [1.165, 1.54) is 12.1 Å². The summed E-state index contributed by atoms with van der Waals surface area (Å²) in [5.74, 6) is -0.914. The van der Waals surface area contributed by atoms with Crippen molar-refractivity contribution >= 4 is 17.3 Å². The molecule has 0 radical (unpaired) electrons. The number of hydrogen-bond donors (Lipinski definition) is 1. The van der Waals surface area contributed by atoms with Crippen LogP contribution in [0.3, 0.4) is 0 Å². The van der Waals surface area contributed by atoms with Crippen molar-refractivity contribution in [1.29, 1.82) is 0 Å². The maximum Gasteiger partial charge on any atom is 0.195 e. The summed E-state index contributed by atoms with van der Waals surface area (Å²) in [4.78, 5) is 26.1. The van der Waals surface area contributed by atoms with Crippen LogP contribution in [-0.2, 0) is 5.54 Å². The molecule has 0 saturated carbocycles.